The Balaban J connectivity index is 1.87. The smallest absolute Gasteiger partial charge is 0.132 e. The van der Waals surface area contributed by atoms with E-state index in [-0.39, 0.29) is 0 Å². The molecule has 102 valence electrons. The Morgan fingerprint density at radius 3 is 2.90 bits per heavy atom. The molecule has 0 N–H and O–H groups in total. The Hall–Kier alpha value is -1.88. The van der Waals surface area contributed by atoms with Crippen LogP contribution in [0.3, 0.4) is 0 Å². The van der Waals surface area contributed by atoms with Crippen molar-refractivity contribution in [3.63, 3.8) is 0 Å². The van der Waals surface area contributed by atoms with E-state index in [4.69, 9.17) is 4.74 Å². The van der Waals surface area contributed by atoms with Gasteiger partial charge in [0, 0.05) is 12.6 Å². The van der Waals surface area contributed by atoms with E-state index in [0.29, 0.717) is 0 Å². The maximum Gasteiger partial charge on any atom is 0.132 e. The van der Waals surface area contributed by atoms with Gasteiger partial charge in [0.2, 0.25) is 0 Å². The summed E-state index contributed by atoms with van der Waals surface area (Å²) in [6.07, 6.45) is 5.28. The van der Waals surface area contributed by atoms with Crippen LogP contribution in [0.1, 0.15) is 11.4 Å². The number of imidazole rings is 1. The number of hydrogen-bond donors (Lipinski definition) is 0. The number of para-hydroxylation sites is 1. The van der Waals surface area contributed by atoms with Crippen LogP contribution >= 0.6 is 15.9 Å². The molecule has 0 saturated heterocycles. The second-order valence-corrected chi connectivity index (χ2v) is 5.22. The molecule has 2 heterocycles. The van der Waals surface area contributed by atoms with Crippen molar-refractivity contribution in [3.05, 3.63) is 58.8 Å². The number of halogens is 1. The van der Waals surface area contributed by atoms with Crippen molar-refractivity contribution in [1.29, 1.82) is 0 Å². The Morgan fingerprint density at radius 2 is 2.05 bits per heavy atom. The molecule has 20 heavy (non-hydrogen) atoms. The molecule has 0 spiro atoms. The van der Waals surface area contributed by atoms with E-state index in [1.807, 2.05) is 28.7 Å². The van der Waals surface area contributed by atoms with Crippen molar-refractivity contribution in [2.45, 2.75) is 12.8 Å². The van der Waals surface area contributed by atoms with Crippen LogP contribution in [0.5, 0.6) is 5.75 Å². The molecule has 1 aromatic carbocycles. The van der Waals surface area contributed by atoms with Gasteiger partial charge >= 0.3 is 0 Å². The minimum absolute atomic E-state index is 0.832. The SMILES string of the molecule is COc1ccccc1CCc1nc(Br)c2ccncn12. The van der Waals surface area contributed by atoms with Gasteiger partial charge in [-0.2, -0.15) is 0 Å². The summed E-state index contributed by atoms with van der Waals surface area (Å²) < 4.78 is 8.25. The standard InChI is InChI=1S/C15H14BrN3O/c1-20-13-5-3-2-4-11(13)6-7-14-18-15(16)12-8-9-17-10-19(12)14/h2-5,8-10H,6-7H2,1H3. The van der Waals surface area contributed by atoms with E-state index < -0.39 is 0 Å². The number of aryl methyl sites for hydroxylation is 2. The van der Waals surface area contributed by atoms with Crippen LogP contribution < -0.4 is 4.74 Å². The average molecular weight is 332 g/mol. The summed E-state index contributed by atoms with van der Waals surface area (Å²) in [5, 5.41) is 0. The lowest BCUT2D eigenvalue weighted by molar-refractivity contribution is 0.409. The molecule has 0 saturated carbocycles. The average Bonchev–Trinajstić information content (AvgIpc) is 2.82. The molecular formula is C15H14BrN3O. The van der Waals surface area contributed by atoms with E-state index in [0.717, 1.165) is 34.5 Å². The fourth-order valence-corrected chi connectivity index (χ4v) is 2.82. The topological polar surface area (TPSA) is 39.4 Å². The maximum atomic E-state index is 5.38. The molecule has 0 unspecified atom stereocenters. The Morgan fingerprint density at radius 1 is 1.20 bits per heavy atom. The lowest BCUT2D eigenvalue weighted by atomic mass is 10.1. The molecule has 0 radical (unpaired) electrons. The first-order valence-electron chi connectivity index (χ1n) is 6.38. The molecular weight excluding hydrogens is 318 g/mol. The van der Waals surface area contributed by atoms with Crippen LogP contribution in [-0.4, -0.2) is 21.5 Å². The zero-order valence-corrected chi connectivity index (χ0v) is 12.7. The highest BCUT2D eigenvalue weighted by molar-refractivity contribution is 9.10. The summed E-state index contributed by atoms with van der Waals surface area (Å²) in [4.78, 5) is 8.71. The lowest BCUT2D eigenvalue weighted by Crippen LogP contribution is -2.00. The molecule has 0 amide bonds. The predicted octanol–water partition coefficient (Wildman–Crippen LogP) is 3.29. The highest BCUT2D eigenvalue weighted by atomic mass is 79.9. The molecule has 0 aliphatic carbocycles. The van der Waals surface area contributed by atoms with E-state index in [1.54, 1.807) is 19.6 Å². The largest absolute Gasteiger partial charge is 0.496 e. The Bertz CT molecular complexity index is 739. The van der Waals surface area contributed by atoms with Gasteiger partial charge in [-0.3, -0.25) is 4.40 Å². The molecule has 2 aromatic heterocycles. The van der Waals surface area contributed by atoms with Gasteiger partial charge in [-0.05, 0) is 40.0 Å². The number of aromatic nitrogens is 3. The fourth-order valence-electron chi connectivity index (χ4n) is 2.29. The first kappa shape index (κ1) is 13.1. The first-order valence-corrected chi connectivity index (χ1v) is 7.17. The summed E-state index contributed by atoms with van der Waals surface area (Å²) in [6.45, 7) is 0. The molecule has 3 aromatic rings. The molecule has 5 heteroatoms. The van der Waals surface area contributed by atoms with Crippen molar-refractivity contribution >= 4 is 21.4 Å². The predicted molar refractivity (Wildman–Crippen MR) is 81.1 cm³/mol. The van der Waals surface area contributed by atoms with Gasteiger partial charge in [0.05, 0.1) is 12.6 Å². The van der Waals surface area contributed by atoms with E-state index in [9.17, 15) is 0 Å². The summed E-state index contributed by atoms with van der Waals surface area (Å²) in [6, 6.07) is 10.0. The van der Waals surface area contributed by atoms with Gasteiger partial charge in [-0.1, -0.05) is 18.2 Å². The molecule has 0 fully saturated rings. The number of benzene rings is 1. The van der Waals surface area contributed by atoms with E-state index >= 15 is 0 Å². The second kappa shape index (κ2) is 5.63. The number of hydrogen-bond acceptors (Lipinski definition) is 3. The molecule has 0 aliphatic rings. The van der Waals surface area contributed by atoms with Gasteiger partial charge in [-0.15, -0.1) is 0 Å². The van der Waals surface area contributed by atoms with Gasteiger partial charge < -0.3 is 4.74 Å². The van der Waals surface area contributed by atoms with Crippen LogP contribution in [0, 0.1) is 0 Å². The maximum absolute atomic E-state index is 5.38. The minimum atomic E-state index is 0.832. The zero-order chi connectivity index (χ0) is 13.9. The zero-order valence-electron chi connectivity index (χ0n) is 11.1. The van der Waals surface area contributed by atoms with Crippen molar-refractivity contribution in [2.24, 2.45) is 0 Å². The highest BCUT2D eigenvalue weighted by Gasteiger charge is 2.10. The third kappa shape index (κ3) is 2.41. The molecule has 0 aliphatic heterocycles. The number of nitrogens with zero attached hydrogens (tertiary/aromatic N) is 3. The van der Waals surface area contributed by atoms with Crippen LogP contribution in [-0.2, 0) is 12.8 Å². The highest BCUT2D eigenvalue weighted by Crippen LogP contribution is 2.22. The van der Waals surface area contributed by atoms with Crippen molar-refractivity contribution in [1.82, 2.24) is 14.4 Å². The van der Waals surface area contributed by atoms with E-state index in [2.05, 4.69) is 32.0 Å². The molecule has 4 nitrogen and oxygen atoms in total. The molecule has 3 rings (SSSR count). The second-order valence-electron chi connectivity index (χ2n) is 4.47. The normalized spacial score (nSPS) is 10.9. The third-order valence-electron chi connectivity index (χ3n) is 3.29. The number of fused-ring (bicyclic) bond motifs is 1. The monoisotopic (exact) mass is 331 g/mol. The summed E-state index contributed by atoms with van der Waals surface area (Å²) in [5.74, 6) is 1.91. The quantitative estimate of drug-likeness (QED) is 0.736. The Kier molecular flexibility index (Phi) is 3.69. The summed E-state index contributed by atoms with van der Waals surface area (Å²) >= 11 is 3.49. The van der Waals surface area contributed by atoms with E-state index in [1.165, 1.54) is 5.56 Å². The van der Waals surface area contributed by atoms with Crippen LogP contribution in [0.25, 0.3) is 5.52 Å². The van der Waals surface area contributed by atoms with Gasteiger partial charge in [0.15, 0.2) is 0 Å². The number of rotatable bonds is 4. The molecule has 0 atom stereocenters. The van der Waals surface area contributed by atoms with Crippen LogP contribution in [0.2, 0.25) is 0 Å². The third-order valence-corrected chi connectivity index (χ3v) is 3.87. The van der Waals surface area contributed by atoms with Crippen molar-refractivity contribution in [3.8, 4) is 5.75 Å². The molecule has 0 bridgehead atoms. The van der Waals surface area contributed by atoms with Crippen molar-refractivity contribution in [2.75, 3.05) is 7.11 Å². The van der Waals surface area contributed by atoms with Gasteiger partial charge in [0.1, 0.15) is 22.5 Å². The van der Waals surface area contributed by atoms with Gasteiger partial charge in [-0.25, -0.2) is 9.97 Å². The number of methoxy groups -OCH3 is 1. The fraction of sp³-hybridized carbons (Fsp3) is 0.200. The van der Waals surface area contributed by atoms with Gasteiger partial charge in [0.25, 0.3) is 0 Å². The Labute approximate surface area is 125 Å². The van der Waals surface area contributed by atoms with Crippen molar-refractivity contribution < 1.29 is 4.74 Å². The first-order chi connectivity index (χ1) is 9.79. The minimum Gasteiger partial charge on any atom is -0.496 e. The van der Waals surface area contributed by atoms with Crippen LogP contribution in [0.15, 0.2) is 47.5 Å². The van der Waals surface area contributed by atoms with Crippen LogP contribution in [0.4, 0.5) is 0 Å². The number of ether oxygens (including phenoxy) is 1. The summed E-state index contributed by atoms with van der Waals surface area (Å²) in [7, 11) is 1.70. The lowest BCUT2D eigenvalue weighted by Gasteiger charge is -2.07. The summed E-state index contributed by atoms with van der Waals surface area (Å²) in [5.41, 5.74) is 2.22.